The van der Waals surface area contributed by atoms with Gasteiger partial charge in [0.05, 0.1) is 6.61 Å². The van der Waals surface area contributed by atoms with Crippen LogP contribution in [0.15, 0.2) is 18.3 Å². The second-order valence-corrected chi connectivity index (χ2v) is 6.55. The van der Waals surface area contributed by atoms with E-state index in [0.29, 0.717) is 13.2 Å². The summed E-state index contributed by atoms with van der Waals surface area (Å²) in [5.41, 5.74) is 1.58. The summed E-state index contributed by atoms with van der Waals surface area (Å²) in [7, 11) is 1.89. The Balaban J connectivity index is 1.72. The summed E-state index contributed by atoms with van der Waals surface area (Å²) in [5, 5.41) is 0. The van der Waals surface area contributed by atoms with E-state index in [1.165, 1.54) is 5.56 Å². The van der Waals surface area contributed by atoms with Crippen LogP contribution in [0.1, 0.15) is 30.5 Å². The fourth-order valence-corrected chi connectivity index (χ4v) is 3.44. The van der Waals surface area contributed by atoms with Gasteiger partial charge in [-0.3, -0.25) is 14.7 Å². The first-order valence-corrected chi connectivity index (χ1v) is 8.12. The van der Waals surface area contributed by atoms with E-state index < -0.39 is 5.60 Å². The number of carbonyl (C=O) groups excluding carboxylic acids is 1. The van der Waals surface area contributed by atoms with E-state index in [0.717, 1.165) is 44.6 Å². The van der Waals surface area contributed by atoms with Gasteiger partial charge in [-0.1, -0.05) is 6.07 Å². The zero-order valence-corrected chi connectivity index (χ0v) is 13.5. The Morgan fingerprint density at radius 1 is 1.32 bits per heavy atom. The van der Waals surface area contributed by atoms with Crippen LogP contribution in [0.25, 0.3) is 0 Å². The van der Waals surface area contributed by atoms with Crippen molar-refractivity contribution in [3.63, 3.8) is 0 Å². The number of aromatic nitrogens is 1. The van der Waals surface area contributed by atoms with Gasteiger partial charge < -0.3 is 9.64 Å². The van der Waals surface area contributed by atoms with Crippen molar-refractivity contribution in [2.75, 3.05) is 33.3 Å². The smallest absolute Gasteiger partial charge is 0.255 e. The van der Waals surface area contributed by atoms with Gasteiger partial charge in [0.2, 0.25) is 0 Å². The fraction of sp³-hybridized carbons (Fsp3) is 0.647. The molecule has 0 saturated carbocycles. The molecule has 2 fully saturated rings. The molecule has 0 aliphatic carbocycles. The molecule has 1 atom stereocenters. The van der Waals surface area contributed by atoms with E-state index in [1.54, 1.807) is 0 Å². The zero-order chi connectivity index (χ0) is 15.6. The molecular weight excluding hydrogens is 278 g/mol. The summed E-state index contributed by atoms with van der Waals surface area (Å²) in [6, 6.07) is 4.15. The molecule has 5 nitrogen and oxygen atoms in total. The lowest BCUT2D eigenvalue weighted by atomic mass is 9.94. The van der Waals surface area contributed by atoms with Crippen molar-refractivity contribution in [2.24, 2.45) is 0 Å². The molecule has 22 heavy (non-hydrogen) atoms. The lowest BCUT2D eigenvalue weighted by Crippen LogP contribution is -2.59. The van der Waals surface area contributed by atoms with Gasteiger partial charge in [-0.15, -0.1) is 0 Å². The number of nitrogens with zero attached hydrogens (tertiary/aromatic N) is 3. The fourth-order valence-electron chi connectivity index (χ4n) is 3.44. The molecule has 0 radical (unpaired) electrons. The van der Waals surface area contributed by atoms with Crippen LogP contribution in [0.4, 0.5) is 0 Å². The SMILES string of the molecule is Cc1ccc(CN2CCOC3(CCCCN(C)C3=O)C2)cn1. The maximum atomic E-state index is 12.7. The number of morpholine rings is 1. The molecule has 5 heteroatoms. The Hall–Kier alpha value is -1.46. The van der Waals surface area contributed by atoms with Gasteiger partial charge in [0.1, 0.15) is 0 Å². The molecule has 1 unspecified atom stereocenters. The number of hydrogen-bond acceptors (Lipinski definition) is 4. The molecule has 2 saturated heterocycles. The van der Waals surface area contributed by atoms with Crippen LogP contribution < -0.4 is 0 Å². The Morgan fingerprint density at radius 2 is 2.18 bits per heavy atom. The van der Waals surface area contributed by atoms with E-state index in [4.69, 9.17) is 4.74 Å². The topological polar surface area (TPSA) is 45.7 Å². The highest BCUT2D eigenvalue weighted by atomic mass is 16.5. The standard InChI is InChI=1S/C17H25N3O2/c1-14-5-6-15(11-18-14)12-20-9-10-22-17(13-20)7-3-4-8-19(2)16(17)21/h5-6,11H,3-4,7-10,12-13H2,1-2H3. The molecule has 0 N–H and O–H groups in total. The average molecular weight is 303 g/mol. The molecule has 2 aliphatic rings. The molecule has 0 aromatic carbocycles. The van der Waals surface area contributed by atoms with Gasteiger partial charge in [0.25, 0.3) is 5.91 Å². The van der Waals surface area contributed by atoms with Crippen LogP contribution >= 0.6 is 0 Å². The quantitative estimate of drug-likeness (QED) is 0.832. The predicted molar refractivity (Wildman–Crippen MR) is 84.4 cm³/mol. The summed E-state index contributed by atoms with van der Waals surface area (Å²) in [4.78, 5) is 21.2. The largest absolute Gasteiger partial charge is 0.362 e. The lowest BCUT2D eigenvalue weighted by Gasteiger charge is -2.42. The van der Waals surface area contributed by atoms with Crippen LogP contribution in [0.5, 0.6) is 0 Å². The molecule has 1 amide bonds. The molecule has 3 rings (SSSR count). The Morgan fingerprint density at radius 3 is 2.95 bits per heavy atom. The summed E-state index contributed by atoms with van der Waals surface area (Å²) in [6.45, 7) is 5.84. The summed E-state index contributed by atoms with van der Waals surface area (Å²) in [5.74, 6) is 0.150. The number of likely N-dealkylation sites (tertiary alicyclic amines) is 1. The number of carbonyl (C=O) groups is 1. The number of aryl methyl sites for hydroxylation is 1. The number of hydrogen-bond donors (Lipinski definition) is 0. The lowest BCUT2D eigenvalue weighted by molar-refractivity contribution is -0.169. The monoisotopic (exact) mass is 303 g/mol. The molecule has 0 bridgehead atoms. The maximum absolute atomic E-state index is 12.7. The Bertz CT molecular complexity index is 531. The molecule has 3 heterocycles. The van der Waals surface area contributed by atoms with Gasteiger partial charge in [0.15, 0.2) is 5.60 Å². The van der Waals surface area contributed by atoms with Crippen LogP contribution in [0, 0.1) is 6.92 Å². The van der Waals surface area contributed by atoms with Crippen molar-refractivity contribution in [3.8, 4) is 0 Å². The summed E-state index contributed by atoms with van der Waals surface area (Å²) in [6.07, 6.45) is 4.88. The van der Waals surface area contributed by atoms with Crippen molar-refractivity contribution in [1.82, 2.24) is 14.8 Å². The average Bonchev–Trinajstić information content (AvgIpc) is 2.64. The molecule has 1 aromatic heterocycles. The first-order valence-electron chi connectivity index (χ1n) is 8.12. The second-order valence-electron chi connectivity index (χ2n) is 6.55. The van der Waals surface area contributed by atoms with E-state index in [1.807, 2.05) is 31.1 Å². The minimum atomic E-state index is -0.637. The third-order valence-electron chi connectivity index (χ3n) is 4.70. The second kappa shape index (κ2) is 6.34. The molecule has 1 spiro atoms. The van der Waals surface area contributed by atoms with Crippen LogP contribution in [0.3, 0.4) is 0 Å². The van der Waals surface area contributed by atoms with Crippen molar-refractivity contribution >= 4 is 5.91 Å². The normalized spacial score (nSPS) is 27.2. The van der Waals surface area contributed by atoms with E-state index in [9.17, 15) is 4.79 Å². The summed E-state index contributed by atoms with van der Waals surface area (Å²) < 4.78 is 6.01. The number of amides is 1. The van der Waals surface area contributed by atoms with Gasteiger partial charge in [-0.05, 0) is 37.8 Å². The highest BCUT2D eigenvalue weighted by Gasteiger charge is 2.45. The van der Waals surface area contributed by atoms with Crippen molar-refractivity contribution in [2.45, 2.75) is 38.3 Å². The first kappa shape index (κ1) is 15.4. The predicted octanol–water partition coefficient (Wildman–Crippen LogP) is 1.60. The number of ether oxygens (including phenoxy) is 1. The first-order chi connectivity index (χ1) is 10.6. The van der Waals surface area contributed by atoms with Crippen LogP contribution in [-0.2, 0) is 16.1 Å². The zero-order valence-electron chi connectivity index (χ0n) is 13.5. The van der Waals surface area contributed by atoms with Crippen molar-refractivity contribution < 1.29 is 9.53 Å². The molecule has 2 aliphatic heterocycles. The van der Waals surface area contributed by atoms with E-state index in [-0.39, 0.29) is 5.91 Å². The third kappa shape index (κ3) is 3.15. The highest BCUT2D eigenvalue weighted by molar-refractivity contribution is 5.85. The number of likely N-dealkylation sites (N-methyl/N-ethyl adjacent to an activating group) is 1. The highest BCUT2D eigenvalue weighted by Crippen LogP contribution is 2.29. The number of pyridine rings is 1. The van der Waals surface area contributed by atoms with Gasteiger partial charge in [-0.25, -0.2) is 0 Å². The van der Waals surface area contributed by atoms with Crippen LogP contribution in [0.2, 0.25) is 0 Å². The minimum absolute atomic E-state index is 0.150. The minimum Gasteiger partial charge on any atom is -0.362 e. The van der Waals surface area contributed by atoms with Crippen molar-refractivity contribution in [1.29, 1.82) is 0 Å². The maximum Gasteiger partial charge on any atom is 0.255 e. The number of rotatable bonds is 2. The van der Waals surface area contributed by atoms with E-state index in [2.05, 4.69) is 16.0 Å². The van der Waals surface area contributed by atoms with Gasteiger partial charge in [-0.2, -0.15) is 0 Å². The molecular formula is C17H25N3O2. The molecule has 1 aromatic rings. The Kier molecular flexibility index (Phi) is 4.45. The van der Waals surface area contributed by atoms with E-state index >= 15 is 0 Å². The van der Waals surface area contributed by atoms with Gasteiger partial charge >= 0.3 is 0 Å². The van der Waals surface area contributed by atoms with Crippen LogP contribution in [-0.4, -0.2) is 59.6 Å². The summed E-state index contributed by atoms with van der Waals surface area (Å²) >= 11 is 0. The molecule has 120 valence electrons. The Labute approximate surface area is 132 Å². The van der Waals surface area contributed by atoms with Crippen molar-refractivity contribution in [3.05, 3.63) is 29.6 Å². The third-order valence-corrected chi connectivity index (χ3v) is 4.70. The van der Waals surface area contributed by atoms with Gasteiger partial charge in [0, 0.05) is 45.1 Å².